The summed E-state index contributed by atoms with van der Waals surface area (Å²) < 4.78 is 11.2. The molecule has 1 atom stereocenters. The molecule has 1 aliphatic heterocycles. The number of nitrogens with one attached hydrogen (secondary N) is 2. The van der Waals surface area contributed by atoms with Gasteiger partial charge in [-0.2, -0.15) is 0 Å². The van der Waals surface area contributed by atoms with Gasteiger partial charge in [-0.3, -0.25) is 4.79 Å². The second-order valence-corrected chi connectivity index (χ2v) is 8.02. The van der Waals surface area contributed by atoms with Gasteiger partial charge in [0, 0.05) is 18.5 Å². The van der Waals surface area contributed by atoms with Crippen LogP contribution in [-0.4, -0.2) is 32.2 Å². The van der Waals surface area contributed by atoms with E-state index in [1.807, 2.05) is 37.3 Å². The van der Waals surface area contributed by atoms with Crippen molar-refractivity contribution in [3.8, 4) is 11.5 Å². The summed E-state index contributed by atoms with van der Waals surface area (Å²) in [5, 5.41) is 6.36. The fourth-order valence-corrected chi connectivity index (χ4v) is 4.01. The third kappa shape index (κ3) is 5.68. The van der Waals surface area contributed by atoms with E-state index in [1.165, 1.54) is 11.1 Å². The van der Waals surface area contributed by atoms with Crippen LogP contribution < -0.4 is 20.1 Å². The van der Waals surface area contributed by atoms with Crippen LogP contribution >= 0.6 is 0 Å². The summed E-state index contributed by atoms with van der Waals surface area (Å²) in [6, 6.07) is 26.8. The molecule has 0 radical (unpaired) electrons. The van der Waals surface area contributed by atoms with E-state index in [1.54, 1.807) is 0 Å². The Bertz CT molecular complexity index is 968. The summed E-state index contributed by atoms with van der Waals surface area (Å²) in [6.45, 7) is 4.06. The highest BCUT2D eigenvalue weighted by molar-refractivity contribution is 5.78. The fraction of sp³-hybridized carbons (Fsp3) is 0.296. The first kappa shape index (κ1) is 21.9. The molecule has 3 aromatic rings. The number of benzene rings is 3. The molecule has 0 fully saturated rings. The maximum atomic E-state index is 12.4. The summed E-state index contributed by atoms with van der Waals surface area (Å²) >= 11 is 0. The van der Waals surface area contributed by atoms with Gasteiger partial charge in [0.1, 0.15) is 13.2 Å². The Hall–Kier alpha value is -3.31. The molecule has 0 unspecified atom stereocenters. The number of hydrogen-bond acceptors (Lipinski definition) is 4. The Kier molecular flexibility index (Phi) is 7.41. The van der Waals surface area contributed by atoms with Gasteiger partial charge in [-0.1, -0.05) is 66.7 Å². The predicted molar refractivity (Wildman–Crippen MR) is 126 cm³/mol. The van der Waals surface area contributed by atoms with Crippen LogP contribution in [0, 0.1) is 0 Å². The van der Waals surface area contributed by atoms with Crippen molar-refractivity contribution >= 4 is 5.91 Å². The number of carbonyl (C=O) groups is 1. The molecule has 1 amide bonds. The molecular formula is C27H30N2O3. The van der Waals surface area contributed by atoms with E-state index in [0.29, 0.717) is 19.8 Å². The van der Waals surface area contributed by atoms with E-state index in [9.17, 15) is 4.79 Å². The van der Waals surface area contributed by atoms with Crippen LogP contribution in [-0.2, 0) is 4.79 Å². The van der Waals surface area contributed by atoms with Crippen molar-refractivity contribution in [1.29, 1.82) is 0 Å². The lowest BCUT2D eigenvalue weighted by molar-refractivity contribution is -0.120. The lowest BCUT2D eigenvalue weighted by atomic mass is 9.88. The van der Waals surface area contributed by atoms with Crippen molar-refractivity contribution in [3.05, 3.63) is 95.6 Å². The monoisotopic (exact) mass is 430 g/mol. The van der Waals surface area contributed by atoms with Crippen molar-refractivity contribution in [3.63, 3.8) is 0 Å². The summed E-state index contributed by atoms with van der Waals surface area (Å²) in [6.07, 6.45) is 0.845. The minimum absolute atomic E-state index is 0.00531. The summed E-state index contributed by atoms with van der Waals surface area (Å²) in [5.41, 5.74) is 3.59. The number of rotatable bonds is 9. The molecule has 0 spiro atoms. The van der Waals surface area contributed by atoms with E-state index in [4.69, 9.17) is 9.47 Å². The molecule has 4 rings (SSSR count). The minimum Gasteiger partial charge on any atom is -0.486 e. The molecule has 166 valence electrons. The first-order valence-electron chi connectivity index (χ1n) is 11.2. The van der Waals surface area contributed by atoms with Gasteiger partial charge >= 0.3 is 0 Å². The Morgan fingerprint density at radius 3 is 2.12 bits per heavy atom. The van der Waals surface area contributed by atoms with E-state index < -0.39 is 0 Å². The van der Waals surface area contributed by atoms with E-state index >= 15 is 0 Å². The van der Waals surface area contributed by atoms with Gasteiger partial charge < -0.3 is 20.1 Å². The molecule has 0 aliphatic carbocycles. The normalized spacial score (nSPS) is 13.6. The quantitative estimate of drug-likeness (QED) is 0.527. The Balaban J connectivity index is 1.28. The van der Waals surface area contributed by atoms with Crippen molar-refractivity contribution in [2.75, 3.05) is 26.3 Å². The molecule has 5 nitrogen and oxygen atoms in total. The van der Waals surface area contributed by atoms with Crippen LogP contribution in [0.2, 0.25) is 0 Å². The standard InChI is InChI=1S/C27H30N2O3/c1-20(23-12-13-25-26(18-23)32-17-16-31-25)29-19-27(30)28-15-14-24(21-8-4-2-5-9-21)22-10-6-3-7-11-22/h2-13,18,20,24,29H,14-17,19H2,1H3,(H,28,30)/t20-/m1/s1. The lowest BCUT2D eigenvalue weighted by Gasteiger charge is -2.21. The largest absolute Gasteiger partial charge is 0.486 e. The fourth-order valence-electron chi connectivity index (χ4n) is 4.01. The highest BCUT2D eigenvalue weighted by Gasteiger charge is 2.16. The van der Waals surface area contributed by atoms with Gasteiger partial charge in [0.2, 0.25) is 5.91 Å². The smallest absolute Gasteiger partial charge is 0.233 e. The number of ether oxygens (including phenoxy) is 2. The van der Waals surface area contributed by atoms with Crippen LogP contribution in [0.15, 0.2) is 78.9 Å². The Labute approximate surface area is 189 Å². The van der Waals surface area contributed by atoms with E-state index in [0.717, 1.165) is 23.5 Å². The topological polar surface area (TPSA) is 59.6 Å². The van der Waals surface area contributed by atoms with Gasteiger partial charge in [-0.05, 0) is 42.2 Å². The average Bonchev–Trinajstić information content (AvgIpc) is 2.86. The first-order chi connectivity index (χ1) is 15.7. The molecule has 1 heterocycles. The zero-order valence-electron chi connectivity index (χ0n) is 18.4. The second kappa shape index (κ2) is 10.8. The van der Waals surface area contributed by atoms with Gasteiger partial charge in [-0.15, -0.1) is 0 Å². The van der Waals surface area contributed by atoms with Crippen LogP contribution in [0.5, 0.6) is 11.5 Å². The molecule has 0 saturated carbocycles. The molecule has 0 bridgehead atoms. The molecule has 5 heteroatoms. The van der Waals surface area contributed by atoms with Crippen LogP contribution in [0.4, 0.5) is 0 Å². The van der Waals surface area contributed by atoms with Crippen molar-refractivity contribution in [2.24, 2.45) is 0 Å². The average molecular weight is 431 g/mol. The lowest BCUT2D eigenvalue weighted by Crippen LogP contribution is -2.36. The zero-order chi connectivity index (χ0) is 22.2. The molecule has 1 aliphatic rings. The van der Waals surface area contributed by atoms with Gasteiger partial charge in [0.15, 0.2) is 11.5 Å². The highest BCUT2D eigenvalue weighted by Crippen LogP contribution is 2.32. The summed E-state index contributed by atoms with van der Waals surface area (Å²) in [5.74, 6) is 1.78. The highest BCUT2D eigenvalue weighted by atomic mass is 16.6. The molecular weight excluding hydrogens is 400 g/mol. The van der Waals surface area contributed by atoms with E-state index in [2.05, 4.69) is 59.2 Å². The SMILES string of the molecule is C[C@@H](NCC(=O)NCCC(c1ccccc1)c1ccccc1)c1ccc2c(c1)OCCO2. The maximum Gasteiger partial charge on any atom is 0.233 e. The minimum atomic E-state index is -0.00531. The number of amides is 1. The van der Waals surface area contributed by atoms with Crippen LogP contribution in [0.25, 0.3) is 0 Å². The molecule has 2 N–H and O–H groups in total. The first-order valence-corrected chi connectivity index (χ1v) is 11.2. The van der Waals surface area contributed by atoms with Crippen molar-refractivity contribution in [2.45, 2.75) is 25.3 Å². The Morgan fingerprint density at radius 2 is 1.47 bits per heavy atom. The molecule has 0 saturated heterocycles. The van der Waals surface area contributed by atoms with Crippen molar-refractivity contribution < 1.29 is 14.3 Å². The zero-order valence-corrected chi connectivity index (χ0v) is 18.4. The van der Waals surface area contributed by atoms with Gasteiger partial charge in [0.05, 0.1) is 6.54 Å². The van der Waals surface area contributed by atoms with Gasteiger partial charge in [-0.25, -0.2) is 0 Å². The summed E-state index contributed by atoms with van der Waals surface area (Å²) in [4.78, 5) is 12.4. The molecule has 3 aromatic carbocycles. The maximum absolute atomic E-state index is 12.4. The second-order valence-electron chi connectivity index (χ2n) is 8.02. The number of carbonyl (C=O) groups excluding carboxylic acids is 1. The predicted octanol–water partition coefficient (Wildman–Crippen LogP) is 4.45. The van der Waals surface area contributed by atoms with Crippen LogP contribution in [0.1, 0.15) is 42.0 Å². The third-order valence-electron chi connectivity index (χ3n) is 5.79. The number of fused-ring (bicyclic) bond motifs is 1. The van der Waals surface area contributed by atoms with E-state index in [-0.39, 0.29) is 24.4 Å². The number of hydrogen-bond donors (Lipinski definition) is 2. The van der Waals surface area contributed by atoms with Crippen LogP contribution in [0.3, 0.4) is 0 Å². The molecule has 0 aromatic heterocycles. The molecule has 32 heavy (non-hydrogen) atoms. The Morgan fingerprint density at radius 1 is 0.844 bits per heavy atom. The van der Waals surface area contributed by atoms with Gasteiger partial charge in [0.25, 0.3) is 0 Å². The third-order valence-corrected chi connectivity index (χ3v) is 5.79. The van der Waals surface area contributed by atoms with Crippen molar-refractivity contribution in [1.82, 2.24) is 10.6 Å². The summed E-state index contributed by atoms with van der Waals surface area (Å²) in [7, 11) is 0.